The summed E-state index contributed by atoms with van der Waals surface area (Å²) >= 11 is 0. The zero-order valence-electron chi connectivity index (χ0n) is 18.0. The Balaban J connectivity index is 1.59. The zero-order chi connectivity index (χ0) is 22.8. The van der Waals surface area contributed by atoms with Crippen molar-refractivity contribution in [1.29, 1.82) is 0 Å². The van der Waals surface area contributed by atoms with Crippen LogP contribution in [0, 0.1) is 0 Å². The van der Waals surface area contributed by atoms with E-state index >= 15 is 0 Å². The number of Topliss-reactive ketones (excluding diaryl/α,β-unsaturated/α-hetero) is 2. The molecule has 0 bridgehead atoms. The number of aromatic hydroxyl groups is 1. The zero-order valence-corrected chi connectivity index (χ0v) is 18.0. The van der Waals surface area contributed by atoms with Gasteiger partial charge in [-0.05, 0) is 41.8 Å². The average Bonchev–Trinajstić information content (AvgIpc) is 3.02. The van der Waals surface area contributed by atoms with Crippen molar-refractivity contribution in [2.75, 3.05) is 20.3 Å². The molecule has 2 unspecified atom stereocenters. The van der Waals surface area contributed by atoms with E-state index in [1.165, 1.54) is 7.11 Å². The number of nitrogens with zero attached hydrogens (tertiary/aromatic N) is 1. The SMILES string of the molecule is CCc1ccc2nc(C3C(=O)c4ccc(COCC(O)COC)cc4C3=O)c(O)cc2c1. The van der Waals surface area contributed by atoms with Crippen LogP contribution in [0.25, 0.3) is 10.9 Å². The van der Waals surface area contributed by atoms with Crippen LogP contribution < -0.4 is 0 Å². The highest BCUT2D eigenvalue weighted by Crippen LogP contribution is 2.38. The number of hydrogen-bond acceptors (Lipinski definition) is 7. The molecule has 166 valence electrons. The van der Waals surface area contributed by atoms with Gasteiger partial charge in [-0.1, -0.05) is 25.1 Å². The van der Waals surface area contributed by atoms with Crippen LogP contribution >= 0.6 is 0 Å². The second-order valence-electron chi connectivity index (χ2n) is 7.94. The highest BCUT2D eigenvalue weighted by atomic mass is 16.5. The fourth-order valence-electron chi connectivity index (χ4n) is 3.99. The highest BCUT2D eigenvalue weighted by molar-refractivity contribution is 6.29. The second-order valence-corrected chi connectivity index (χ2v) is 7.94. The third kappa shape index (κ3) is 4.14. The molecule has 4 rings (SSSR count). The number of aryl methyl sites for hydroxylation is 1. The number of methoxy groups -OCH3 is 1. The van der Waals surface area contributed by atoms with Crippen molar-refractivity contribution in [2.45, 2.75) is 32.0 Å². The van der Waals surface area contributed by atoms with E-state index in [-0.39, 0.29) is 37.0 Å². The molecule has 2 N–H and O–H groups in total. The van der Waals surface area contributed by atoms with E-state index in [2.05, 4.69) is 4.98 Å². The van der Waals surface area contributed by atoms with Crippen molar-refractivity contribution in [2.24, 2.45) is 0 Å². The molecule has 2 atom stereocenters. The van der Waals surface area contributed by atoms with Crippen LogP contribution in [-0.2, 0) is 22.5 Å². The standard InChI is InChI=1S/C25H25NO6/c1-3-14-5-7-20-16(8-14)10-21(28)23(26-20)22-24(29)18-6-4-15(9-19(18)25(22)30)11-32-13-17(27)12-31-2/h4-10,17,22,27-28H,3,11-13H2,1-2H3. The Hall–Kier alpha value is -3.13. The molecule has 0 radical (unpaired) electrons. The van der Waals surface area contributed by atoms with Crippen LogP contribution in [0.2, 0.25) is 0 Å². The minimum Gasteiger partial charge on any atom is -0.506 e. The third-order valence-electron chi connectivity index (χ3n) is 5.65. The highest BCUT2D eigenvalue weighted by Gasteiger charge is 2.42. The summed E-state index contributed by atoms with van der Waals surface area (Å²) in [5, 5.41) is 21.0. The summed E-state index contributed by atoms with van der Waals surface area (Å²) in [5.41, 5.74) is 3.12. The number of carbonyl (C=O) groups is 2. The summed E-state index contributed by atoms with van der Waals surface area (Å²) in [6, 6.07) is 12.2. The summed E-state index contributed by atoms with van der Waals surface area (Å²) in [7, 11) is 1.49. The van der Waals surface area contributed by atoms with E-state index < -0.39 is 17.8 Å². The lowest BCUT2D eigenvalue weighted by atomic mass is 9.97. The van der Waals surface area contributed by atoms with E-state index in [0.29, 0.717) is 22.2 Å². The summed E-state index contributed by atoms with van der Waals surface area (Å²) in [6.45, 7) is 2.48. The largest absolute Gasteiger partial charge is 0.506 e. The molecule has 3 aromatic rings. The van der Waals surface area contributed by atoms with Crippen LogP contribution in [0.3, 0.4) is 0 Å². The van der Waals surface area contributed by atoms with Gasteiger partial charge in [0.2, 0.25) is 0 Å². The first-order chi connectivity index (χ1) is 15.4. The summed E-state index contributed by atoms with van der Waals surface area (Å²) in [4.78, 5) is 30.6. The van der Waals surface area contributed by atoms with Crippen LogP contribution in [0.1, 0.15) is 50.4 Å². The number of benzene rings is 2. The Morgan fingerprint density at radius 1 is 1.00 bits per heavy atom. The van der Waals surface area contributed by atoms with Gasteiger partial charge in [0, 0.05) is 23.6 Å². The van der Waals surface area contributed by atoms with Gasteiger partial charge in [-0.25, -0.2) is 4.98 Å². The molecule has 0 fully saturated rings. The monoisotopic (exact) mass is 435 g/mol. The molecule has 2 aromatic carbocycles. The van der Waals surface area contributed by atoms with Gasteiger partial charge in [0.15, 0.2) is 11.6 Å². The van der Waals surface area contributed by atoms with E-state index in [1.54, 1.807) is 24.3 Å². The average molecular weight is 435 g/mol. The first kappa shape index (κ1) is 22.1. The minimum absolute atomic E-state index is 0.0773. The molecule has 1 heterocycles. The normalized spacial score (nSPS) is 16.5. The van der Waals surface area contributed by atoms with Crippen molar-refractivity contribution in [1.82, 2.24) is 4.98 Å². The number of carbonyl (C=O) groups excluding carboxylic acids is 2. The summed E-state index contributed by atoms with van der Waals surface area (Å²) < 4.78 is 10.3. The fourth-order valence-corrected chi connectivity index (χ4v) is 3.99. The third-order valence-corrected chi connectivity index (χ3v) is 5.65. The molecule has 7 nitrogen and oxygen atoms in total. The minimum atomic E-state index is -1.17. The van der Waals surface area contributed by atoms with E-state index in [9.17, 15) is 19.8 Å². The Morgan fingerprint density at radius 2 is 1.75 bits per heavy atom. The lowest BCUT2D eigenvalue weighted by Gasteiger charge is -2.11. The Labute approximate surface area is 185 Å². The van der Waals surface area contributed by atoms with Crippen molar-refractivity contribution in [3.63, 3.8) is 0 Å². The van der Waals surface area contributed by atoms with E-state index in [0.717, 1.165) is 17.4 Å². The quantitative estimate of drug-likeness (QED) is 0.524. The molecule has 1 aliphatic rings. The van der Waals surface area contributed by atoms with Gasteiger partial charge >= 0.3 is 0 Å². The molecule has 7 heteroatoms. The van der Waals surface area contributed by atoms with Crippen molar-refractivity contribution >= 4 is 22.5 Å². The molecule has 0 spiro atoms. The number of aliphatic hydroxyl groups is 1. The van der Waals surface area contributed by atoms with Gasteiger partial charge in [-0.2, -0.15) is 0 Å². The predicted molar refractivity (Wildman–Crippen MR) is 118 cm³/mol. The van der Waals surface area contributed by atoms with Crippen LogP contribution in [0.4, 0.5) is 0 Å². The van der Waals surface area contributed by atoms with Crippen molar-refractivity contribution in [3.05, 3.63) is 70.4 Å². The number of hydrogen-bond donors (Lipinski definition) is 2. The molecular formula is C25H25NO6. The van der Waals surface area contributed by atoms with Gasteiger partial charge in [-0.15, -0.1) is 0 Å². The Kier molecular flexibility index (Phi) is 6.32. The number of aromatic nitrogens is 1. The molecule has 0 saturated heterocycles. The first-order valence-electron chi connectivity index (χ1n) is 10.5. The van der Waals surface area contributed by atoms with E-state index in [4.69, 9.17) is 9.47 Å². The molecule has 0 saturated carbocycles. The molecule has 1 aliphatic carbocycles. The number of aliphatic hydroxyl groups excluding tert-OH is 1. The number of ether oxygens (including phenoxy) is 2. The molecular weight excluding hydrogens is 410 g/mol. The summed E-state index contributed by atoms with van der Waals surface area (Å²) in [5.74, 6) is -2.10. The topological polar surface area (TPSA) is 106 Å². The number of fused-ring (bicyclic) bond motifs is 2. The van der Waals surface area contributed by atoms with Crippen LogP contribution in [0.5, 0.6) is 5.75 Å². The molecule has 0 amide bonds. The van der Waals surface area contributed by atoms with Gasteiger partial charge < -0.3 is 19.7 Å². The number of pyridine rings is 1. The molecule has 1 aromatic heterocycles. The summed E-state index contributed by atoms with van der Waals surface area (Å²) in [6.07, 6.45) is 0.113. The fraction of sp³-hybridized carbons (Fsp3) is 0.320. The second kappa shape index (κ2) is 9.16. The van der Waals surface area contributed by atoms with Gasteiger partial charge in [0.05, 0.1) is 25.3 Å². The molecule has 32 heavy (non-hydrogen) atoms. The molecule has 0 aliphatic heterocycles. The Morgan fingerprint density at radius 3 is 2.50 bits per heavy atom. The lowest BCUT2D eigenvalue weighted by molar-refractivity contribution is -0.0114. The van der Waals surface area contributed by atoms with Gasteiger partial charge in [-0.3, -0.25) is 9.59 Å². The predicted octanol–water partition coefficient (Wildman–Crippen LogP) is 3.19. The first-order valence-corrected chi connectivity index (χ1v) is 10.5. The maximum Gasteiger partial charge on any atom is 0.180 e. The van der Waals surface area contributed by atoms with Crippen molar-refractivity contribution in [3.8, 4) is 5.75 Å². The van der Waals surface area contributed by atoms with Crippen LogP contribution in [0.15, 0.2) is 42.5 Å². The van der Waals surface area contributed by atoms with Crippen LogP contribution in [-0.4, -0.2) is 53.2 Å². The van der Waals surface area contributed by atoms with E-state index in [1.807, 2.05) is 25.1 Å². The maximum atomic E-state index is 13.1. The smallest absolute Gasteiger partial charge is 0.180 e. The number of ketones is 2. The van der Waals surface area contributed by atoms with Gasteiger partial charge in [0.1, 0.15) is 23.5 Å². The lowest BCUT2D eigenvalue weighted by Crippen LogP contribution is -2.20. The number of rotatable bonds is 8. The van der Waals surface area contributed by atoms with Gasteiger partial charge in [0.25, 0.3) is 0 Å². The maximum absolute atomic E-state index is 13.1. The van der Waals surface area contributed by atoms with Crippen molar-refractivity contribution < 1.29 is 29.3 Å². The Bertz CT molecular complexity index is 1190.